The molecule has 0 aliphatic heterocycles. The first-order valence-electron chi connectivity index (χ1n) is 8.39. The second kappa shape index (κ2) is 7.97. The molecule has 140 valence electrons. The maximum atomic E-state index is 14.2. The van der Waals surface area contributed by atoms with Crippen LogP contribution in [-0.4, -0.2) is 31.7 Å². The smallest absolute Gasteiger partial charge is 0.255 e. The first kappa shape index (κ1) is 20.1. The van der Waals surface area contributed by atoms with Crippen LogP contribution in [0, 0.1) is 19.7 Å². The molecule has 1 amide bonds. The number of rotatable bonds is 6. The van der Waals surface area contributed by atoms with Gasteiger partial charge in [0.25, 0.3) is 5.91 Å². The molecule has 0 unspecified atom stereocenters. The van der Waals surface area contributed by atoms with E-state index in [4.69, 9.17) is 0 Å². The Bertz CT molecular complexity index is 922. The Balaban J connectivity index is 2.40. The van der Waals surface area contributed by atoms with Gasteiger partial charge in [0.2, 0.25) is 10.0 Å². The molecule has 0 saturated heterocycles. The van der Waals surface area contributed by atoms with E-state index < -0.39 is 26.6 Å². The molecule has 0 aliphatic rings. The quantitative estimate of drug-likeness (QED) is 0.833. The molecule has 5 nitrogen and oxygen atoms in total. The Morgan fingerprint density at radius 1 is 1.12 bits per heavy atom. The lowest BCUT2D eigenvalue weighted by Gasteiger charge is -2.19. The number of halogens is 1. The standard InChI is InChI=1S/C19H23FN2O3S/c1-5-22(6-2)26(24,25)18-12-15(10-11-16(18)20)19(23)21-17-9-7-8-13(3)14(17)4/h7-12H,5-6H2,1-4H3,(H,21,23). The largest absolute Gasteiger partial charge is 0.322 e. The summed E-state index contributed by atoms with van der Waals surface area (Å²) in [4.78, 5) is 12.0. The van der Waals surface area contributed by atoms with Gasteiger partial charge in [-0.1, -0.05) is 26.0 Å². The first-order chi connectivity index (χ1) is 12.2. The number of nitrogens with one attached hydrogen (secondary N) is 1. The van der Waals surface area contributed by atoms with Crippen LogP contribution in [0.25, 0.3) is 0 Å². The molecule has 0 saturated carbocycles. The van der Waals surface area contributed by atoms with E-state index in [1.54, 1.807) is 19.9 Å². The molecule has 1 N–H and O–H groups in total. The maximum Gasteiger partial charge on any atom is 0.255 e. The monoisotopic (exact) mass is 378 g/mol. The van der Waals surface area contributed by atoms with Gasteiger partial charge in [-0.05, 0) is 49.2 Å². The first-order valence-corrected chi connectivity index (χ1v) is 9.83. The van der Waals surface area contributed by atoms with Crippen molar-refractivity contribution in [1.29, 1.82) is 0 Å². The van der Waals surface area contributed by atoms with Gasteiger partial charge in [0.05, 0.1) is 0 Å². The van der Waals surface area contributed by atoms with Gasteiger partial charge in [0, 0.05) is 24.3 Å². The van der Waals surface area contributed by atoms with E-state index >= 15 is 0 Å². The van der Waals surface area contributed by atoms with Crippen molar-refractivity contribution < 1.29 is 17.6 Å². The number of benzene rings is 2. The van der Waals surface area contributed by atoms with E-state index in [1.807, 2.05) is 26.0 Å². The maximum absolute atomic E-state index is 14.2. The van der Waals surface area contributed by atoms with Crippen molar-refractivity contribution in [3.05, 3.63) is 58.9 Å². The third-order valence-electron chi connectivity index (χ3n) is 4.37. The van der Waals surface area contributed by atoms with Gasteiger partial charge < -0.3 is 5.32 Å². The number of nitrogens with zero attached hydrogens (tertiary/aromatic N) is 1. The average molecular weight is 378 g/mol. The number of sulfonamides is 1. The average Bonchev–Trinajstić information content (AvgIpc) is 2.60. The van der Waals surface area contributed by atoms with Crippen molar-refractivity contribution in [2.75, 3.05) is 18.4 Å². The number of carbonyl (C=O) groups is 1. The number of amides is 1. The van der Waals surface area contributed by atoms with Gasteiger partial charge in [-0.3, -0.25) is 4.79 Å². The zero-order valence-corrected chi connectivity index (χ0v) is 16.2. The highest BCUT2D eigenvalue weighted by atomic mass is 32.2. The lowest BCUT2D eigenvalue weighted by atomic mass is 10.1. The molecular weight excluding hydrogens is 355 g/mol. The molecule has 0 atom stereocenters. The molecule has 0 fully saturated rings. The van der Waals surface area contributed by atoms with E-state index in [0.717, 1.165) is 27.6 Å². The zero-order valence-electron chi connectivity index (χ0n) is 15.3. The molecular formula is C19H23FN2O3S. The fraction of sp³-hybridized carbons (Fsp3) is 0.316. The van der Waals surface area contributed by atoms with Crippen LogP contribution in [0.2, 0.25) is 0 Å². The van der Waals surface area contributed by atoms with E-state index in [9.17, 15) is 17.6 Å². The second-order valence-corrected chi connectivity index (χ2v) is 7.84. The molecule has 0 heterocycles. The van der Waals surface area contributed by atoms with Gasteiger partial charge in [-0.25, -0.2) is 12.8 Å². The lowest BCUT2D eigenvalue weighted by Crippen LogP contribution is -2.31. The summed E-state index contributed by atoms with van der Waals surface area (Å²) < 4.78 is 40.5. The van der Waals surface area contributed by atoms with Crippen molar-refractivity contribution in [2.45, 2.75) is 32.6 Å². The van der Waals surface area contributed by atoms with Crippen LogP contribution < -0.4 is 5.32 Å². The van der Waals surface area contributed by atoms with Crippen LogP contribution in [-0.2, 0) is 10.0 Å². The molecule has 26 heavy (non-hydrogen) atoms. The predicted molar refractivity (Wildman–Crippen MR) is 100 cm³/mol. The fourth-order valence-electron chi connectivity index (χ4n) is 2.63. The highest BCUT2D eigenvalue weighted by molar-refractivity contribution is 7.89. The molecule has 7 heteroatoms. The van der Waals surface area contributed by atoms with Crippen LogP contribution in [0.3, 0.4) is 0 Å². The summed E-state index contributed by atoms with van der Waals surface area (Å²) in [5, 5.41) is 2.75. The van der Waals surface area contributed by atoms with E-state index in [1.165, 1.54) is 6.07 Å². The summed E-state index contributed by atoms with van der Waals surface area (Å²) in [6.07, 6.45) is 0. The van der Waals surface area contributed by atoms with Gasteiger partial charge in [0.1, 0.15) is 10.7 Å². The normalized spacial score (nSPS) is 11.6. The summed E-state index contributed by atoms with van der Waals surface area (Å²) >= 11 is 0. The van der Waals surface area contributed by atoms with E-state index in [0.29, 0.717) is 5.69 Å². The summed E-state index contributed by atoms with van der Waals surface area (Å²) in [5.74, 6) is -1.37. The molecule has 0 spiro atoms. The van der Waals surface area contributed by atoms with Crippen molar-refractivity contribution in [2.24, 2.45) is 0 Å². The van der Waals surface area contributed by atoms with Crippen LogP contribution in [0.5, 0.6) is 0 Å². The number of aryl methyl sites for hydroxylation is 1. The molecule has 0 radical (unpaired) electrons. The number of carbonyl (C=O) groups excluding carboxylic acids is 1. The summed E-state index contributed by atoms with van der Waals surface area (Å²) in [7, 11) is -4.00. The SMILES string of the molecule is CCN(CC)S(=O)(=O)c1cc(C(=O)Nc2cccc(C)c2C)ccc1F. The topological polar surface area (TPSA) is 66.5 Å². The van der Waals surface area contributed by atoms with Gasteiger partial charge in [-0.15, -0.1) is 0 Å². The Labute approximate surface area is 153 Å². The Morgan fingerprint density at radius 3 is 2.38 bits per heavy atom. The minimum atomic E-state index is -4.00. The molecule has 2 rings (SSSR count). The zero-order chi connectivity index (χ0) is 19.5. The van der Waals surface area contributed by atoms with E-state index in [2.05, 4.69) is 5.32 Å². The summed E-state index contributed by atoms with van der Waals surface area (Å²) in [6, 6.07) is 8.88. The Kier molecular flexibility index (Phi) is 6.15. The van der Waals surface area contributed by atoms with Crippen LogP contribution in [0.1, 0.15) is 35.3 Å². The minimum absolute atomic E-state index is 0.0815. The van der Waals surface area contributed by atoms with Crippen molar-refractivity contribution in [3.63, 3.8) is 0 Å². The third-order valence-corrected chi connectivity index (χ3v) is 6.43. The van der Waals surface area contributed by atoms with Gasteiger partial charge in [-0.2, -0.15) is 4.31 Å². The molecule has 0 aromatic heterocycles. The lowest BCUT2D eigenvalue weighted by molar-refractivity contribution is 0.102. The van der Waals surface area contributed by atoms with E-state index in [-0.39, 0.29) is 18.7 Å². The molecule has 0 bridgehead atoms. The molecule has 2 aromatic carbocycles. The number of hydrogen-bond acceptors (Lipinski definition) is 3. The van der Waals surface area contributed by atoms with Crippen molar-refractivity contribution in [3.8, 4) is 0 Å². The number of anilines is 1. The molecule has 2 aromatic rings. The Hall–Kier alpha value is -2.25. The summed E-state index contributed by atoms with van der Waals surface area (Å²) in [5.41, 5.74) is 2.65. The highest BCUT2D eigenvalue weighted by Gasteiger charge is 2.26. The highest BCUT2D eigenvalue weighted by Crippen LogP contribution is 2.23. The minimum Gasteiger partial charge on any atom is -0.322 e. The predicted octanol–water partition coefficient (Wildman–Crippen LogP) is 3.73. The van der Waals surface area contributed by atoms with Crippen LogP contribution in [0.4, 0.5) is 10.1 Å². The van der Waals surface area contributed by atoms with Gasteiger partial charge in [0.15, 0.2) is 0 Å². The Morgan fingerprint density at radius 2 is 1.77 bits per heavy atom. The van der Waals surface area contributed by atoms with Crippen LogP contribution >= 0.6 is 0 Å². The molecule has 0 aliphatic carbocycles. The second-order valence-electron chi connectivity index (χ2n) is 5.94. The third kappa shape index (κ3) is 3.94. The van der Waals surface area contributed by atoms with Crippen molar-refractivity contribution in [1.82, 2.24) is 4.31 Å². The fourth-order valence-corrected chi connectivity index (χ4v) is 4.17. The van der Waals surface area contributed by atoms with Crippen LogP contribution in [0.15, 0.2) is 41.3 Å². The van der Waals surface area contributed by atoms with Gasteiger partial charge >= 0.3 is 0 Å². The number of hydrogen-bond donors (Lipinski definition) is 1. The summed E-state index contributed by atoms with van der Waals surface area (Å²) in [6.45, 7) is 7.60. The van der Waals surface area contributed by atoms with Crippen molar-refractivity contribution >= 4 is 21.6 Å².